The van der Waals surface area contributed by atoms with Gasteiger partial charge >= 0.3 is 15.7 Å². The van der Waals surface area contributed by atoms with Gasteiger partial charge in [-0.05, 0) is 37.3 Å². The molecule has 2 heterocycles. The Labute approximate surface area is 142 Å². The molecular weight excluding hydrogens is 344 g/mol. The molecule has 2 aromatic heterocycles. The van der Waals surface area contributed by atoms with Crippen LogP contribution in [0.5, 0.6) is 5.75 Å². The van der Waals surface area contributed by atoms with E-state index in [-0.39, 0.29) is 21.8 Å². The lowest BCUT2D eigenvalue weighted by atomic mass is 10.1. The van der Waals surface area contributed by atoms with Gasteiger partial charge in [0.1, 0.15) is 4.90 Å². The number of aryl methyl sites for hydroxylation is 1. The fourth-order valence-electron chi connectivity index (χ4n) is 2.54. The summed E-state index contributed by atoms with van der Waals surface area (Å²) in [5, 5.41) is 1.16. The average molecular weight is 356 g/mol. The molecule has 0 radical (unpaired) electrons. The molecule has 25 heavy (non-hydrogen) atoms. The van der Waals surface area contributed by atoms with E-state index in [2.05, 4.69) is 0 Å². The van der Waals surface area contributed by atoms with Crippen LogP contribution in [-0.2, 0) is 10.1 Å². The standard InChI is InChI=1S/C18H12O6S/c1-11-2-5-14(6-3-11)25(20,21)24-18-16-13(8-9-22-16)10-12-4-7-15(19)23-17(12)18/h2-10H,1H3. The van der Waals surface area contributed by atoms with Gasteiger partial charge < -0.3 is 13.0 Å². The number of hydrogen-bond acceptors (Lipinski definition) is 6. The normalized spacial score (nSPS) is 11.9. The third-order valence-electron chi connectivity index (χ3n) is 3.79. The van der Waals surface area contributed by atoms with Gasteiger partial charge in [0.15, 0.2) is 11.2 Å². The molecule has 0 unspecified atom stereocenters. The van der Waals surface area contributed by atoms with Crippen LogP contribution in [0, 0.1) is 6.92 Å². The predicted molar refractivity (Wildman–Crippen MR) is 91.2 cm³/mol. The van der Waals surface area contributed by atoms with Crippen LogP contribution in [0.1, 0.15) is 5.56 Å². The number of rotatable bonds is 3. The van der Waals surface area contributed by atoms with Gasteiger partial charge in [-0.15, -0.1) is 0 Å². The summed E-state index contributed by atoms with van der Waals surface area (Å²) in [5.41, 5.74) is 0.516. The van der Waals surface area contributed by atoms with Crippen molar-refractivity contribution in [3.8, 4) is 5.75 Å². The van der Waals surface area contributed by atoms with Crippen molar-refractivity contribution in [2.45, 2.75) is 11.8 Å². The molecule has 0 saturated heterocycles. The highest BCUT2D eigenvalue weighted by Crippen LogP contribution is 2.36. The van der Waals surface area contributed by atoms with Gasteiger partial charge in [-0.25, -0.2) is 4.79 Å². The minimum absolute atomic E-state index is 0.00640. The zero-order valence-electron chi connectivity index (χ0n) is 13.1. The summed E-state index contributed by atoms with van der Waals surface area (Å²) >= 11 is 0. The van der Waals surface area contributed by atoms with E-state index in [1.165, 1.54) is 24.5 Å². The molecule has 6 nitrogen and oxygen atoms in total. The van der Waals surface area contributed by atoms with Crippen molar-refractivity contribution in [3.63, 3.8) is 0 Å². The first-order valence-corrected chi connectivity index (χ1v) is 8.80. The second-order valence-corrected chi connectivity index (χ2v) is 7.11. The predicted octanol–water partition coefficient (Wildman–Crippen LogP) is 3.62. The average Bonchev–Trinajstić information content (AvgIpc) is 3.04. The molecule has 2 aromatic carbocycles. The third-order valence-corrected chi connectivity index (χ3v) is 5.02. The van der Waals surface area contributed by atoms with Gasteiger partial charge in [-0.1, -0.05) is 17.7 Å². The maximum atomic E-state index is 12.6. The first-order chi connectivity index (χ1) is 11.9. The second-order valence-electron chi connectivity index (χ2n) is 5.57. The Morgan fingerprint density at radius 1 is 0.920 bits per heavy atom. The van der Waals surface area contributed by atoms with Crippen LogP contribution in [0.3, 0.4) is 0 Å². The van der Waals surface area contributed by atoms with Crippen molar-refractivity contribution in [2.24, 2.45) is 0 Å². The van der Waals surface area contributed by atoms with Gasteiger partial charge in [0, 0.05) is 16.8 Å². The fraction of sp³-hybridized carbons (Fsp3) is 0.0556. The molecule has 4 aromatic rings. The van der Waals surface area contributed by atoms with E-state index in [0.29, 0.717) is 10.8 Å². The van der Waals surface area contributed by atoms with Crippen LogP contribution in [0.15, 0.2) is 73.3 Å². The fourth-order valence-corrected chi connectivity index (χ4v) is 3.48. The lowest BCUT2D eigenvalue weighted by Gasteiger charge is -2.09. The summed E-state index contributed by atoms with van der Waals surface area (Å²) < 4.78 is 41.1. The molecule has 7 heteroatoms. The van der Waals surface area contributed by atoms with Crippen molar-refractivity contribution < 1.29 is 21.4 Å². The molecule has 0 fully saturated rings. The summed E-state index contributed by atoms with van der Waals surface area (Å²) in [5.74, 6) is -0.143. The molecule has 0 N–H and O–H groups in total. The largest absolute Gasteiger partial charge is 0.460 e. The Bertz CT molecular complexity index is 1250. The minimum atomic E-state index is -4.13. The van der Waals surface area contributed by atoms with Crippen LogP contribution < -0.4 is 9.81 Å². The second kappa shape index (κ2) is 5.49. The van der Waals surface area contributed by atoms with Crippen LogP contribution in [0.4, 0.5) is 0 Å². The van der Waals surface area contributed by atoms with E-state index in [4.69, 9.17) is 13.0 Å². The van der Waals surface area contributed by atoms with Crippen LogP contribution in [0.2, 0.25) is 0 Å². The maximum absolute atomic E-state index is 12.6. The monoisotopic (exact) mass is 356 g/mol. The molecule has 0 saturated carbocycles. The number of benzene rings is 2. The Balaban J connectivity index is 1.95. The van der Waals surface area contributed by atoms with Gasteiger partial charge in [0.2, 0.25) is 5.75 Å². The van der Waals surface area contributed by atoms with Gasteiger partial charge in [0.05, 0.1) is 6.26 Å². The smallest absolute Gasteiger partial charge is 0.339 e. The zero-order chi connectivity index (χ0) is 17.6. The highest BCUT2D eigenvalue weighted by atomic mass is 32.2. The molecular formula is C18H12O6S. The molecule has 0 aliphatic carbocycles. The summed E-state index contributed by atoms with van der Waals surface area (Å²) in [6.07, 6.45) is 1.41. The van der Waals surface area contributed by atoms with E-state index >= 15 is 0 Å². The summed E-state index contributed by atoms with van der Waals surface area (Å²) in [7, 11) is -4.13. The van der Waals surface area contributed by atoms with Crippen molar-refractivity contribution in [1.82, 2.24) is 0 Å². The van der Waals surface area contributed by atoms with Gasteiger partial charge in [-0.2, -0.15) is 8.42 Å². The van der Waals surface area contributed by atoms with Crippen molar-refractivity contribution in [3.05, 3.63) is 70.8 Å². The summed E-state index contributed by atoms with van der Waals surface area (Å²) in [6, 6.07) is 12.4. The number of fused-ring (bicyclic) bond motifs is 2. The van der Waals surface area contributed by atoms with Gasteiger partial charge in [-0.3, -0.25) is 0 Å². The van der Waals surface area contributed by atoms with E-state index in [0.717, 1.165) is 5.56 Å². The van der Waals surface area contributed by atoms with Crippen molar-refractivity contribution in [1.29, 1.82) is 0 Å². The van der Waals surface area contributed by atoms with Crippen LogP contribution in [-0.4, -0.2) is 8.42 Å². The molecule has 126 valence electrons. The van der Waals surface area contributed by atoms with Crippen molar-refractivity contribution >= 4 is 32.1 Å². The van der Waals surface area contributed by atoms with Crippen LogP contribution in [0.25, 0.3) is 21.9 Å². The number of furan rings is 1. The highest BCUT2D eigenvalue weighted by Gasteiger charge is 2.23. The number of hydrogen-bond donors (Lipinski definition) is 0. The molecule has 0 atom stereocenters. The molecule has 0 spiro atoms. The van der Waals surface area contributed by atoms with Crippen LogP contribution >= 0.6 is 0 Å². The van der Waals surface area contributed by atoms with Gasteiger partial charge in [0.25, 0.3) is 0 Å². The topological polar surface area (TPSA) is 86.7 Å². The quantitative estimate of drug-likeness (QED) is 0.412. The lowest BCUT2D eigenvalue weighted by Crippen LogP contribution is -2.10. The van der Waals surface area contributed by atoms with E-state index in [9.17, 15) is 13.2 Å². The summed E-state index contributed by atoms with van der Waals surface area (Å²) in [4.78, 5) is 11.6. The maximum Gasteiger partial charge on any atom is 0.339 e. The Morgan fingerprint density at radius 3 is 2.40 bits per heavy atom. The van der Waals surface area contributed by atoms with E-state index in [1.54, 1.807) is 30.3 Å². The Kier molecular flexibility index (Phi) is 3.40. The first-order valence-electron chi connectivity index (χ1n) is 7.39. The molecule has 4 rings (SSSR count). The SMILES string of the molecule is Cc1ccc(S(=O)(=O)Oc2c3occc3cc3ccc(=O)oc23)cc1. The van der Waals surface area contributed by atoms with Crippen molar-refractivity contribution in [2.75, 3.05) is 0 Å². The first kappa shape index (κ1) is 15.5. The zero-order valence-corrected chi connectivity index (χ0v) is 13.9. The summed E-state index contributed by atoms with van der Waals surface area (Å²) in [6.45, 7) is 1.85. The Hall–Kier alpha value is -3.06. The molecule has 0 bridgehead atoms. The Morgan fingerprint density at radius 2 is 1.64 bits per heavy atom. The highest BCUT2D eigenvalue weighted by molar-refractivity contribution is 7.87. The third kappa shape index (κ3) is 2.68. The lowest BCUT2D eigenvalue weighted by molar-refractivity contribution is 0.470. The van der Waals surface area contributed by atoms with E-state index < -0.39 is 15.7 Å². The molecule has 0 aliphatic heterocycles. The molecule has 0 aliphatic rings. The minimum Gasteiger partial charge on any atom is -0.460 e. The molecule has 0 amide bonds. The van der Waals surface area contributed by atoms with E-state index in [1.807, 2.05) is 6.92 Å².